The van der Waals surface area contributed by atoms with Crippen molar-refractivity contribution in [1.82, 2.24) is 0 Å². The Morgan fingerprint density at radius 3 is 2.24 bits per heavy atom. The topological polar surface area (TPSA) is 43.4 Å². The van der Waals surface area contributed by atoms with E-state index in [1.807, 2.05) is 0 Å². The van der Waals surface area contributed by atoms with E-state index in [0.717, 1.165) is 7.11 Å². The first-order valence-corrected chi connectivity index (χ1v) is 4.70. The van der Waals surface area contributed by atoms with Gasteiger partial charge in [0.2, 0.25) is 0 Å². The molecule has 0 N–H and O–H groups in total. The number of hydrogen-bond acceptors (Lipinski definition) is 3. The second-order valence-electron chi connectivity index (χ2n) is 3.25. The maximum Gasteiger partial charge on any atom is 0.305 e. The summed E-state index contributed by atoms with van der Waals surface area (Å²) in [5.41, 5.74) is -0.576. The highest BCUT2D eigenvalue weighted by Gasteiger charge is 2.17. The average Bonchev–Trinajstić information content (AvgIpc) is 2.30. The molecule has 0 saturated heterocycles. The van der Waals surface area contributed by atoms with Gasteiger partial charge in [-0.1, -0.05) is 0 Å². The number of methoxy groups -OCH3 is 1. The number of carbonyl (C=O) groups excluding carboxylic acids is 2. The zero-order valence-corrected chi connectivity index (χ0v) is 8.93. The van der Waals surface area contributed by atoms with Gasteiger partial charge in [0.15, 0.2) is 17.4 Å². The Hall–Kier alpha value is -1.85. The molecule has 0 spiro atoms. The van der Waals surface area contributed by atoms with Gasteiger partial charge in [-0.15, -0.1) is 0 Å². The Kier molecular flexibility index (Phi) is 4.25. The number of esters is 1. The second-order valence-corrected chi connectivity index (χ2v) is 3.25. The average molecular weight is 246 g/mol. The number of carbonyl (C=O) groups is 2. The van der Waals surface area contributed by atoms with Crippen LogP contribution in [0.25, 0.3) is 0 Å². The van der Waals surface area contributed by atoms with Crippen LogP contribution in [0.1, 0.15) is 23.2 Å². The zero-order valence-electron chi connectivity index (χ0n) is 8.93. The molecule has 6 heteroatoms. The van der Waals surface area contributed by atoms with Crippen molar-refractivity contribution in [3.63, 3.8) is 0 Å². The summed E-state index contributed by atoms with van der Waals surface area (Å²) in [5.74, 6) is -5.26. The molecule has 0 unspecified atom stereocenters. The molecule has 0 saturated carbocycles. The fourth-order valence-electron chi connectivity index (χ4n) is 1.19. The van der Waals surface area contributed by atoms with Gasteiger partial charge in [0, 0.05) is 12.5 Å². The Morgan fingerprint density at radius 1 is 1.06 bits per heavy atom. The number of Topliss-reactive ketones (excluding diaryl/α,β-unsaturated/α-hetero) is 1. The van der Waals surface area contributed by atoms with Crippen molar-refractivity contribution in [2.75, 3.05) is 7.11 Å². The Morgan fingerprint density at radius 2 is 1.65 bits per heavy atom. The summed E-state index contributed by atoms with van der Waals surface area (Å²) in [4.78, 5) is 22.2. The Bertz CT molecular complexity index is 458. The van der Waals surface area contributed by atoms with Crippen molar-refractivity contribution in [2.45, 2.75) is 12.8 Å². The van der Waals surface area contributed by atoms with Crippen LogP contribution >= 0.6 is 0 Å². The predicted molar refractivity (Wildman–Crippen MR) is 51.9 cm³/mol. The smallest absolute Gasteiger partial charge is 0.305 e. The van der Waals surface area contributed by atoms with Crippen LogP contribution in [-0.2, 0) is 9.53 Å². The van der Waals surface area contributed by atoms with Crippen molar-refractivity contribution < 1.29 is 27.5 Å². The number of benzene rings is 1. The van der Waals surface area contributed by atoms with Crippen LogP contribution < -0.4 is 0 Å². The van der Waals surface area contributed by atoms with E-state index in [4.69, 9.17) is 0 Å². The van der Waals surface area contributed by atoms with Crippen LogP contribution in [0.4, 0.5) is 13.2 Å². The van der Waals surface area contributed by atoms with Crippen LogP contribution in [0.5, 0.6) is 0 Å². The fourth-order valence-corrected chi connectivity index (χ4v) is 1.19. The molecule has 0 aromatic heterocycles. The van der Waals surface area contributed by atoms with Gasteiger partial charge in [0.05, 0.1) is 19.1 Å². The van der Waals surface area contributed by atoms with Crippen molar-refractivity contribution in [3.05, 3.63) is 35.1 Å². The molecule has 1 aromatic rings. The number of ketones is 1. The van der Waals surface area contributed by atoms with Gasteiger partial charge in [-0.3, -0.25) is 9.59 Å². The SMILES string of the molecule is COC(=O)CCC(=O)c1cc(F)c(F)cc1F. The molecule has 0 bridgehead atoms. The molecule has 0 atom stereocenters. The highest BCUT2D eigenvalue weighted by Crippen LogP contribution is 2.16. The van der Waals surface area contributed by atoms with Gasteiger partial charge in [-0.2, -0.15) is 0 Å². The first-order valence-electron chi connectivity index (χ1n) is 4.70. The van der Waals surface area contributed by atoms with Gasteiger partial charge < -0.3 is 4.74 Å². The van der Waals surface area contributed by atoms with E-state index in [2.05, 4.69) is 4.74 Å². The highest BCUT2D eigenvalue weighted by atomic mass is 19.2. The third kappa shape index (κ3) is 3.30. The molecule has 0 fully saturated rings. The maximum atomic E-state index is 13.1. The number of halogens is 3. The van der Waals surface area contributed by atoms with Gasteiger partial charge in [-0.25, -0.2) is 13.2 Å². The highest BCUT2D eigenvalue weighted by molar-refractivity contribution is 5.97. The molecule has 0 aliphatic heterocycles. The van der Waals surface area contributed by atoms with E-state index in [0.29, 0.717) is 12.1 Å². The van der Waals surface area contributed by atoms with E-state index in [9.17, 15) is 22.8 Å². The summed E-state index contributed by atoms with van der Waals surface area (Å²) < 4.78 is 42.8. The molecule has 1 aromatic carbocycles. The van der Waals surface area contributed by atoms with Crippen molar-refractivity contribution in [3.8, 4) is 0 Å². The standard InChI is InChI=1S/C11H9F3O3/c1-17-11(16)3-2-10(15)6-4-8(13)9(14)5-7(6)12/h4-5H,2-3H2,1H3. The molecule has 92 valence electrons. The predicted octanol–water partition coefficient (Wildman–Crippen LogP) is 2.24. The summed E-state index contributed by atoms with van der Waals surface area (Å²) in [7, 11) is 1.14. The molecular formula is C11H9F3O3. The molecular weight excluding hydrogens is 237 g/mol. The molecule has 0 aliphatic carbocycles. The van der Waals surface area contributed by atoms with E-state index < -0.39 is 34.8 Å². The van der Waals surface area contributed by atoms with E-state index in [-0.39, 0.29) is 12.8 Å². The van der Waals surface area contributed by atoms with E-state index in [1.54, 1.807) is 0 Å². The minimum absolute atomic E-state index is 0.242. The minimum atomic E-state index is -1.37. The molecule has 0 aliphatic rings. The molecule has 17 heavy (non-hydrogen) atoms. The van der Waals surface area contributed by atoms with Crippen LogP contribution in [0.3, 0.4) is 0 Å². The molecule has 3 nitrogen and oxygen atoms in total. The Balaban J connectivity index is 2.82. The molecule has 0 radical (unpaired) electrons. The number of rotatable bonds is 4. The van der Waals surface area contributed by atoms with Crippen LogP contribution in [0, 0.1) is 17.5 Å². The van der Waals surface area contributed by atoms with Gasteiger partial charge in [0.1, 0.15) is 5.82 Å². The van der Waals surface area contributed by atoms with Crippen LogP contribution in [0.2, 0.25) is 0 Å². The van der Waals surface area contributed by atoms with Crippen LogP contribution in [-0.4, -0.2) is 18.9 Å². The monoisotopic (exact) mass is 246 g/mol. The third-order valence-electron chi connectivity index (χ3n) is 2.09. The van der Waals surface area contributed by atoms with Crippen molar-refractivity contribution in [1.29, 1.82) is 0 Å². The maximum absolute atomic E-state index is 13.1. The van der Waals surface area contributed by atoms with E-state index in [1.165, 1.54) is 0 Å². The zero-order chi connectivity index (χ0) is 13.0. The number of hydrogen-bond donors (Lipinski definition) is 0. The summed E-state index contributed by atoms with van der Waals surface area (Å²) in [6, 6.07) is 0.769. The molecule has 1 rings (SSSR count). The molecule has 0 amide bonds. The van der Waals surface area contributed by atoms with Gasteiger partial charge >= 0.3 is 5.97 Å². The quantitative estimate of drug-likeness (QED) is 0.465. The lowest BCUT2D eigenvalue weighted by Crippen LogP contribution is -2.08. The fraction of sp³-hybridized carbons (Fsp3) is 0.273. The summed E-state index contributed by atoms with van der Waals surface area (Å²) in [6.45, 7) is 0. The summed E-state index contributed by atoms with van der Waals surface area (Å²) in [6.07, 6.45) is -0.567. The lowest BCUT2D eigenvalue weighted by Gasteiger charge is -2.03. The first-order chi connectivity index (χ1) is 7.95. The summed E-state index contributed by atoms with van der Waals surface area (Å²) in [5, 5.41) is 0. The second kappa shape index (κ2) is 5.47. The first kappa shape index (κ1) is 13.2. The largest absolute Gasteiger partial charge is 0.469 e. The van der Waals surface area contributed by atoms with Gasteiger partial charge in [0.25, 0.3) is 0 Å². The Labute approximate surface area is 95.2 Å². The van der Waals surface area contributed by atoms with Crippen molar-refractivity contribution >= 4 is 11.8 Å². The number of ether oxygens (including phenoxy) is 1. The van der Waals surface area contributed by atoms with Crippen molar-refractivity contribution in [2.24, 2.45) is 0 Å². The summed E-state index contributed by atoms with van der Waals surface area (Å²) >= 11 is 0. The van der Waals surface area contributed by atoms with E-state index >= 15 is 0 Å². The lowest BCUT2D eigenvalue weighted by atomic mass is 10.1. The normalized spacial score (nSPS) is 10.1. The molecule has 0 heterocycles. The van der Waals surface area contributed by atoms with Crippen LogP contribution in [0.15, 0.2) is 12.1 Å². The van der Waals surface area contributed by atoms with Gasteiger partial charge in [-0.05, 0) is 6.07 Å². The lowest BCUT2D eigenvalue weighted by molar-refractivity contribution is -0.140. The minimum Gasteiger partial charge on any atom is -0.469 e. The third-order valence-corrected chi connectivity index (χ3v) is 2.09.